The van der Waals surface area contributed by atoms with Crippen molar-refractivity contribution in [2.45, 2.75) is 52.1 Å². The first-order valence-electron chi connectivity index (χ1n) is 7.38. The van der Waals surface area contributed by atoms with Gasteiger partial charge in [-0.15, -0.1) is 0 Å². The van der Waals surface area contributed by atoms with Crippen LogP contribution in [0.1, 0.15) is 56.3 Å². The van der Waals surface area contributed by atoms with E-state index >= 15 is 0 Å². The molecule has 0 aromatic heterocycles. The fourth-order valence-electron chi connectivity index (χ4n) is 3.20. The van der Waals surface area contributed by atoms with Crippen molar-refractivity contribution in [2.75, 3.05) is 0 Å². The van der Waals surface area contributed by atoms with Crippen LogP contribution in [-0.2, 0) is 0 Å². The second kappa shape index (κ2) is 5.93. The molecule has 1 aromatic rings. The fourth-order valence-corrected chi connectivity index (χ4v) is 3.20. The molecule has 20 heavy (non-hydrogen) atoms. The summed E-state index contributed by atoms with van der Waals surface area (Å²) in [6.45, 7) is 3.85. The molecule has 1 unspecified atom stereocenters. The Morgan fingerprint density at radius 2 is 2.10 bits per heavy atom. The van der Waals surface area contributed by atoms with Crippen LogP contribution in [0.5, 0.6) is 0 Å². The predicted octanol–water partition coefficient (Wildman–Crippen LogP) is 4.28. The van der Waals surface area contributed by atoms with Gasteiger partial charge < -0.3 is 5.11 Å². The average Bonchev–Trinajstić information content (AvgIpc) is 2.49. The summed E-state index contributed by atoms with van der Waals surface area (Å²) in [4.78, 5) is 0. The largest absolute Gasteiger partial charge is 0.387 e. The van der Waals surface area contributed by atoms with Crippen LogP contribution in [0.3, 0.4) is 0 Å². The summed E-state index contributed by atoms with van der Waals surface area (Å²) in [6, 6.07) is 6.98. The number of halogens is 1. The van der Waals surface area contributed by atoms with Crippen molar-refractivity contribution >= 4 is 0 Å². The minimum Gasteiger partial charge on any atom is -0.387 e. The van der Waals surface area contributed by atoms with Gasteiger partial charge in [0.2, 0.25) is 0 Å². The number of benzene rings is 1. The minimum atomic E-state index is -0.829. The number of aliphatic hydroxyl groups is 1. The molecule has 1 fully saturated rings. The van der Waals surface area contributed by atoms with E-state index in [1.54, 1.807) is 19.1 Å². The number of nitrogens with zero attached hydrogens (tertiary/aromatic N) is 1. The van der Waals surface area contributed by atoms with Gasteiger partial charge in [0.15, 0.2) is 0 Å². The zero-order valence-corrected chi connectivity index (χ0v) is 12.2. The van der Waals surface area contributed by atoms with Crippen LogP contribution in [0, 0.1) is 35.4 Å². The topological polar surface area (TPSA) is 44.0 Å². The Bertz CT molecular complexity index is 512. The quantitative estimate of drug-likeness (QED) is 0.894. The van der Waals surface area contributed by atoms with E-state index in [1.165, 1.54) is 6.07 Å². The van der Waals surface area contributed by atoms with Crippen LogP contribution in [0.2, 0.25) is 0 Å². The van der Waals surface area contributed by atoms with E-state index in [-0.39, 0.29) is 5.82 Å². The van der Waals surface area contributed by atoms with Crippen LogP contribution >= 0.6 is 0 Å². The molecule has 0 saturated heterocycles. The molecule has 1 N–H and O–H groups in total. The van der Waals surface area contributed by atoms with E-state index in [2.05, 4.69) is 13.0 Å². The Kier molecular flexibility index (Phi) is 4.45. The van der Waals surface area contributed by atoms with Crippen molar-refractivity contribution in [1.82, 2.24) is 0 Å². The Hall–Kier alpha value is -1.40. The monoisotopic (exact) mass is 275 g/mol. The minimum absolute atomic E-state index is 0.276. The van der Waals surface area contributed by atoms with Crippen molar-refractivity contribution in [3.05, 3.63) is 35.1 Å². The van der Waals surface area contributed by atoms with Gasteiger partial charge in [-0.1, -0.05) is 25.5 Å². The molecule has 0 spiro atoms. The number of aliphatic hydroxyl groups excluding tert-OH is 1. The lowest BCUT2D eigenvalue weighted by Crippen LogP contribution is -2.32. The molecule has 0 heterocycles. The summed E-state index contributed by atoms with van der Waals surface area (Å²) in [5.74, 6) is 0.389. The van der Waals surface area contributed by atoms with Crippen LogP contribution in [0.15, 0.2) is 18.2 Å². The molecule has 1 atom stereocenters. The van der Waals surface area contributed by atoms with E-state index < -0.39 is 11.5 Å². The maximum Gasteiger partial charge on any atom is 0.126 e. The van der Waals surface area contributed by atoms with Gasteiger partial charge in [-0.2, -0.15) is 5.26 Å². The zero-order chi connectivity index (χ0) is 14.8. The molecular weight excluding hydrogens is 253 g/mol. The van der Waals surface area contributed by atoms with Gasteiger partial charge in [0.25, 0.3) is 0 Å². The molecule has 3 heteroatoms. The lowest BCUT2D eigenvalue weighted by atomic mass is 9.66. The maximum absolute atomic E-state index is 13.3. The summed E-state index contributed by atoms with van der Waals surface area (Å²) >= 11 is 0. The molecule has 0 aliphatic heterocycles. The van der Waals surface area contributed by atoms with E-state index in [4.69, 9.17) is 0 Å². The summed E-state index contributed by atoms with van der Waals surface area (Å²) in [5.41, 5.74) is 0.452. The van der Waals surface area contributed by atoms with E-state index in [1.807, 2.05) is 0 Å². The normalized spacial score (nSPS) is 27.9. The van der Waals surface area contributed by atoms with Gasteiger partial charge in [0, 0.05) is 0 Å². The first kappa shape index (κ1) is 15.0. The molecule has 1 aromatic carbocycles. The van der Waals surface area contributed by atoms with Gasteiger partial charge >= 0.3 is 0 Å². The smallest absolute Gasteiger partial charge is 0.126 e. The van der Waals surface area contributed by atoms with Crippen molar-refractivity contribution in [1.29, 1.82) is 5.26 Å². The van der Waals surface area contributed by atoms with Crippen molar-refractivity contribution in [3.8, 4) is 6.07 Å². The number of aryl methyl sites for hydroxylation is 1. The second-order valence-electron chi connectivity index (χ2n) is 6.03. The molecule has 1 saturated carbocycles. The number of nitriles is 1. The van der Waals surface area contributed by atoms with E-state index in [0.29, 0.717) is 17.0 Å². The molecule has 2 nitrogen and oxygen atoms in total. The van der Waals surface area contributed by atoms with Gasteiger partial charge in [0.1, 0.15) is 5.82 Å². The third-order valence-corrected chi connectivity index (χ3v) is 4.82. The van der Waals surface area contributed by atoms with Gasteiger partial charge in [-0.25, -0.2) is 4.39 Å². The lowest BCUT2D eigenvalue weighted by molar-refractivity contribution is 0.0242. The Morgan fingerprint density at radius 1 is 1.45 bits per heavy atom. The fraction of sp³-hybridized carbons (Fsp3) is 0.588. The van der Waals surface area contributed by atoms with Gasteiger partial charge in [-0.05, 0) is 55.7 Å². The van der Waals surface area contributed by atoms with Crippen LogP contribution in [-0.4, -0.2) is 5.11 Å². The highest BCUT2D eigenvalue weighted by atomic mass is 19.1. The highest BCUT2D eigenvalue weighted by molar-refractivity contribution is 5.28. The van der Waals surface area contributed by atoms with Crippen molar-refractivity contribution in [3.63, 3.8) is 0 Å². The molecule has 1 aliphatic rings. The van der Waals surface area contributed by atoms with Crippen molar-refractivity contribution < 1.29 is 9.50 Å². The standard InChI is InChI=1S/C17H22FNO/c1-3-13-6-8-17(11-19,9-7-13)16(20)14-4-5-15(18)12(2)10-14/h4-5,10,13,16,20H,3,6-9H2,1-2H3. The van der Waals surface area contributed by atoms with Crippen LogP contribution < -0.4 is 0 Å². The highest BCUT2D eigenvalue weighted by Gasteiger charge is 2.42. The second-order valence-corrected chi connectivity index (χ2v) is 6.03. The zero-order valence-electron chi connectivity index (χ0n) is 12.2. The Labute approximate surface area is 120 Å². The Morgan fingerprint density at radius 3 is 2.60 bits per heavy atom. The van der Waals surface area contributed by atoms with Gasteiger partial charge in [0.05, 0.1) is 17.6 Å². The molecule has 0 radical (unpaired) electrons. The molecule has 2 rings (SSSR count). The lowest BCUT2D eigenvalue weighted by Gasteiger charge is -2.38. The van der Waals surface area contributed by atoms with Crippen LogP contribution in [0.25, 0.3) is 0 Å². The van der Waals surface area contributed by atoms with Gasteiger partial charge in [-0.3, -0.25) is 0 Å². The summed E-state index contributed by atoms with van der Waals surface area (Å²) < 4.78 is 13.3. The number of hydrogen-bond acceptors (Lipinski definition) is 2. The molecular formula is C17H22FNO. The molecule has 0 bridgehead atoms. The first-order valence-corrected chi connectivity index (χ1v) is 7.38. The van der Waals surface area contributed by atoms with E-state index in [9.17, 15) is 14.8 Å². The molecule has 1 aliphatic carbocycles. The Balaban J connectivity index is 2.23. The average molecular weight is 275 g/mol. The summed E-state index contributed by atoms with van der Waals surface area (Å²) in [5, 5.41) is 20.2. The third kappa shape index (κ3) is 2.71. The third-order valence-electron chi connectivity index (χ3n) is 4.82. The molecule has 108 valence electrons. The highest BCUT2D eigenvalue weighted by Crippen LogP contribution is 2.47. The van der Waals surface area contributed by atoms with E-state index in [0.717, 1.165) is 32.1 Å². The first-order chi connectivity index (χ1) is 9.52. The number of rotatable bonds is 3. The van der Waals surface area contributed by atoms with Crippen molar-refractivity contribution in [2.24, 2.45) is 11.3 Å². The SMILES string of the molecule is CCC1CCC(C#N)(C(O)c2ccc(F)c(C)c2)CC1. The number of hydrogen-bond donors (Lipinski definition) is 1. The summed E-state index contributed by atoms with van der Waals surface area (Å²) in [7, 11) is 0. The maximum atomic E-state index is 13.3. The summed E-state index contributed by atoms with van der Waals surface area (Å²) in [6.07, 6.45) is 3.72. The predicted molar refractivity (Wildman–Crippen MR) is 76.4 cm³/mol. The molecule has 0 amide bonds. The van der Waals surface area contributed by atoms with Crippen LogP contribution in [0.4, 0.5) is 4.39 Å².